The predicted octanol–water partition coefficient (Wildman–Crippen LogP) is 2.37. The van der Waals surface area contributed by atoms with Crippen LogP contribution >= 0.6 is 0 Å². The first-order valence-electron chi connectivity index (χ1n) is 14.5. The fraction of sp³-hybridized carbons (Fsp3) is 0.500. The van der Waals surface area contributed by atoms with Crippen LogP contribution in [0.15, 0.2) is 29.3 Å². The molecule has 1 aromatic carbocycles. The molecule has 12 nitrogen and oxygen atoms in total. The smallest absolute Gasteiger partial charge is 0.270 e. The fourth-order valence-corrected chi connectivity index (χ4v) is 5.60. The summed E-state index contributed by atoms with van der Waals surface area (Å²) < 4.78 is 26.3. The van der Waals surface area contributed by atoms with Crippen LogP contribution in [-0.4, -0.2) is 86.5 Å². The molecule has 2 aliphatic heterocycles. The summed E-state index contributed by atoms with van der Waals surface area (Å²) in [4.78, 5) is 40.4. The zero-order chi connectivity index (χ0) is 30.5. The van der Waals surface area contributed by atoms with E-state index in [1.54, 1.807) is 13.0 Å². The number of β-amino-alcohol motifs (C(OH)–C–C–N with tert-alkyl or cyclic N) is 1. The number of nitrogens with zero attached hydrogens (tertiary/aromatic N) is 5. The van der Waals surface area contributed by atoms with Gasteiger partial charge in [0.15, 0.2) is 12.2 Å². The molecule has 0 radical (unpaired) electrons. The molecule has 0 saturated carbocycles. The van der Waals surface area contributed by atoms with E-state index in [4.69, 9.17) is 9.15 Å². The van der Waals surface area contributed by atoms with Crippen LogP contribution in [-0.2, 0) is 24.4 Å². The average molecular weight is 596 g/mol. The number of aromatic nitrogens is 3. The Balaban J connectivity index is 1.10. The number of ether oxygens (including phenoxy) is 1. The topological polar surface area (TPSA) is 146 Å². The molecule has 0 spiro atoms. The first-order chi connectivity index (χ1) is 20.7. The summed E-state index contributed by atoms with van der Waals surface area (Å²) >= 11 is 0. The van der Waals surface area contributed by atoms with E-state index < -0.39 is 12.0 Å². The van der Waals surface area contributed by atoms with E-state index in [0.29, 0.717) is 55.5 Å². The van der Waals surface area contributed by atoms with Gasteiger partial charge in [-0.15, -0.1) is 0 Å². The van der Waals surface area contributed by atoms with Crippen molar-refractivity contribution in [1.82, 2.24) is 30.1 Å². The molecule has 2 aliphatic rings. The third-order valence-electron chi connectivity index (χ3n) is 8.16. The lowest BCUT2D eigenvalue weighted by Gasteiger charge is -2.32. The van der Waals surface area contributed by atoms with Gasteiger partial charge in [-0.05, 0) is 44.2 Å². The second-order valence-electron chi connectivity index (χ2n) is 11.2. The van der Waals surface area contributed by atoms with Gasteiger partial charge in [-0.2, -0.15) is 0 Å². The standard InChI is InChI=1S/C30H38FN7O5/c1-18-23-6-7-37(14-24(23)25(31)10-27(18)42-15-28-19(2)35-17-43-28)13-22(40)12-32-30(41)26-11-29(34-16-33-26)36-21-4-8-38(9-5-21)20(3)39/h10-11,16-17,21-22,40H,4-9,12-15H2,1-3H3,(H,32,41)(H,33,34,36). The fourth-order valence-electron chi connectivity index (χ4n) is 5.60. The lowest BCUT2D eigenvalue weighted by atomic mass is 9.93. The molecule has 0 bridgehead atoms. The van der Waals surface area contributed by atoms with Crippen LogP contribution in [0.5, 0.6) is 5.75 Å². The van der Waals surface area contributed by atoms with Crippen molar-refractivity contribution in [2.75, 3.05) is 38.0 Å². The molecule has 5 rings (SSSR count). The van der Waals surface area contributed by atoms with Crippen LogP contribution in [0.4, 0.5) is 10.2 Å². The number of fused-ring (bicyclic) bond motifs is 1. The van der Waals surface area contributed by atoms with E-state index in [1.165, 1.54) is 18.8 Å². The van der Waals surface area contributed by atoms with Crippen molar-refractivity contribution in [1.29, 1.82) is 0 Å². The molecule has 2 amide bonds. The summed E-state index contributed by atoms with van der Waals surface area (Å²) in [5.41, 5.74) is 3.32. The second-order valence-corrected chi connectivity index (χ2v) is 11.2. The molecule has 3 aromatic rings. The van der Waals surface area contributed by atoms with Gasteiger partial charge in [-0.25, -0.2) is 19.3 Å². The normalized spacial score (nSPS) is 16.4. The second kappa shape index (κ2) is 13.5. The molecule has 43 heavy (non-hydrogen) atoms. The molecule has 3 N–H and O–H groups in total. The quantitative estimate of drug-likeness (QED) is 0.319. The molecule has 1 saturated heterocycles. The van der Waals surface area contributed by atoms with Gasteiger partial charge in [-0.3, -0.25) is 14.5 Å². The van der Waals surface area contributed by atoms with Crippen molar-refractivity contribution in [3.63, 3.8) is 0 Å². The molecular formula is C30H38FN7O5. The van der Waals surface area contributed by atoms with Gasteiger partial charge < -0.3 is 29.8 Å². The first-order valence-corrected chi connectivity index (χ1v) is 14.5. The molecule has 2 aromatic heterocycles. The van der Waals surface area contributed by atoms with Crippen molar-refractivity contribution >= 4 is 17.6 Å². The third kappa shape index (κ3) is 7.46. The molecule has 1 fully saturated rings. The maximum atomic E-state index is 15.1. The molecular weight excluding hydrogens is 557 g/mol. The Bertz CT molecular complexity index is 1460. The number of aliphatic hydroxyl groups is 1. The van der Waals surface area contributed by atoms with Crippen molar-refractivity contribution in [3.8, 4) is 5.75 Å². The minimum absolute atomic E-state index is 0.0216. The summed E-state index contributed by atoms with van der Waals surface area (Å²) in [7, 11) is 0. The maximum absolute atomic E-state index is 15.1. The summed E-state index contributed by atoms with van der Waals surface area (Å²) in [6, 6.07) is 3.13. The van der Waals surface area contributed by atoms with Crippen LogP contribution in [0, 0.1) is 19.7 Å². The molecule has 4 heterocycles. The molecule has 1 unspecified atom stereocenters. The van der Waals surface area contributed by atoms with E-state index in [0.717, 1.165) is 29.7 Å². The number of aliphatic hydroxyl groups excluding tert-OH is 1. The maximum Gasteiger partial charge on any atom is 0.270 e. The number of halogens is 1. The van der Waals surface area contributed by atoms with Crippen LogP contribution in [0.3, 0.4) is 0 Å². The largest absolute Gasteiger partial charge is 0.485 e. The Morgan fingerprint density at radius 3 is 2.67 bits per heavy atom. The molecule has 230 valence electrons. The van der Waals surface area contributed by atoms with E-state index >= 15 is 4.39 Å². The minimum atomic E-state index is -0.853. The number of rotatable bonds is 10. The Morgan fingerprint density at radius 1 is 1.16 bits per heavy atom. The Labute approximate surface area is 249 Å². The monoisotopic (exact) mass is 595 g/mol. The average Bonchev–Trinajstić information content (AvgIpc) is 3.41. The number of nitrogens with one attached hydrogen (secondary N) is 2. The van der Waals surface area contributed by atoms with Crippen LogP contribution in [0.2, 0.25) is 0 Å². The zero-order valence-corrected chi connectivity index (χ0v) is 24.7. The number of oxazole rings is 1. The number of amides is 2. The van der Waals surface area contributed by atoms with Gasteiger partial charge in [-0.1, -0.05) is 0 Å². The van der Waals surface area contributed by atoms with Crippen molar-refractivity contribution in [2.45, 2.75) is 65.3 Å². The molecule has 1 atom stereocenters. The number of carbonyl (C=O) groups is 2. The lowest BCUT2D eigenvalue weighted by Crippen LogP contribution is -2.42. The van der Waals surface area contributed by atoms with Gasteiger partial charge >= 0.3 is 0 Å². The minimum Gasteiger partial charge on any atom is -0.485 e. The van der Waals surface area contributed by atoms with Crippen molar-refractivity contribution in [3.05, 3.63) is 64.5 Å². The van der Waals surface area contributed by atoms with Crippen LogP contribution < -0.4 is 15.4 Å². The highest BCUT2D eigenvalue weighted by Gasteiger charge is 2.26. The van der Waals surface area contributed by atoms with Crippen LogP contribution in [0.1, 0.15) is 58.4 Å². The highest BCUT2D eigenvalue weighted by molar-refractivity contribution is 5.92. The number of aryl methyl sites for hydroxylation is 1. The van der Waals surface area contributed by atoms with Gasteiger partial charge in [0, 0.05) is 69.9 Å². The Hall–Kier alpha value is -4.10. The summed E-state index contributed by atoms with van der Waals surface area (Å²) in [5.74, 6) is 0.912. The van der Waals surface area contributed by atoms with Crippen molar-refractivity contribution < 1.29 is 28.2 Å². The van der Waals surface area contributed by atoms with E-state index in [1.807, 2.05) is 23.6 Å². The first kappa shape index (κ1) is 30.4. The summed E-state index contributed by atoms with van der Waals surface area (Å²) in [6.45, 7) is 8.12. The molecule has 13 heteroatoms. The summed E-state index contributed by atoms with van der Waals surface area (Å²) in [6.07, 6.45) is 4.02. The van der Waals surface area contributed by atoms with E-state index in [-0.39, 0.29) is 43.2 Å². The number of hydrogen-bond donors (Lipinski definition) is 3. The zero-order valence-electron chi connectivity index (χ0n) is 24.7. The van der Waals surface area contributed by atoms with Gasteiger partial charge in [0.1, 0.15) is 36.0 Å². The van der Waals surface area contributed by atoms with Gasteiger partial charge in [0.05, 0.1) is 11.8 Å². The highest BCUT2D eigenvalue weighted by atomic mass is 19.1. The number of piperidine rings is 1. The number of carbonyl (C=O) groups excluding carboxylic acids is 2. The third-order valence-corrected chi connectivity index (χ3v) is 8.16. The number of hydrogen-bond acceptors (Lipinski definition) is 10. The van der Waals surface area contributed by atoms with Gasteiger partial charge in [0.25, 0.3) is 5.91 Å². The number of benzene rings is 1. The lowest BCUT2D eigenvalue weighted by molar-refractivity contribution is -0.129. The summed E-state index contributed by atoms with van der Waals surface area (Å²) in [5, 5.41) is 16.7. The Morgan fingerprint density at radius 2 is 1.95 bits per heavy atom. The Kier molecular flexibility index (Phi) is 9.51. The molecule has 0 aliphatic carbocycles. The SMILES string of the molecule is CC(=O)N1CCC(Nc2cc(C(=O)NCC(O)CN3CCc4c(C)c(OCc5ocnc5C)cc(F)c4C3)ncn2)CC1. The van der Waals surface area contributed by atoms with E-state index in [2.05, 4.69) is 25.6 Å². The van der Waals surface area contributed by atoms with Crippen molar-refractivity contribution in [2.24, 2.45) is 0 Å². The van der Waals surface area contributed by atoms with Gasteiger partial charge in [0.2, 0.25) is 5.91 Å². The number of anilines is 1. The van der Waals surface area contributed by atoms with E-state index in [9.17, 15) is 14.7 Å². The number of likely N-dealkylation sites (tertiary alicyclic amines) is 1. The predicted molar refractivity (Wildman–Crippen MR) is 155 cm³/mol. The van der Waals surface area contributed by atoms with Crippen LogP contribution in [0.25, 0.3) is 0 Å². The highest BCUT2D eigenvalue weighted by Crippen LogP contribution is 2.32.